The Balaban J connectivity index is 2.32. The van der Waals surface area contributed by atoms with Crippen molar-refractivity contribution < 1.29 is 0 Å². The molecule has 0 saturated carbocycles. The largest absolute Gasteiger partial charge is 0.327 e. The van der Waals surface area contributed by atoms with Gasteiger partial charge in [0.1, 0.15) is 5.82 Å². The van der Waals surface area contributed by atoms with Gasteiger partial charge in [-0.05, 0) is 51.6 Å². The minimum Gasteiger partial charge on any atom is -0.327 e. The van der Waals surface area contributed by atoms with Gasteiger partial charge in [0.05, 0.1) is 0 Å². The second-order valence-electron chi connectivity index (χ2n) is 5.02. The van der Waals surface area contributed by atoms with E-state index in [-0.39, 0.29) is 0 Å². The normalized spacial score (nSPS) is 10.6. The second kappa shape index (κ2) is 6.53. The van der Waals surface area contributed by atoms with Crippen molar-refractivity contribution >= 4 is 11.5 Å². The first-order chi connectivity index (χ1) is 9.65. The lowest BCUT2D eigenvalue weighted by atomic mass is 10.2. The molecule has 0 aliphatic rings. The van der Waals surface area contributed by atoms with E-state index in [9.17, 15) is 0 Å². The van der Waals surface area contributed by atoms with Crippen molar-refractivity contribution in [3.05, 3.63) is 53.2 Å². The standard InChI is InChI=1S/C17H23N3/c1-5-20(16-9-6-13(2)7-10-16)17-11-8-15(12-18-4)14(3)19-17/h6-11,18H,5,12H2,1-4H3. The number of hydrogen-bond donors (Lipinski definition) is 1. The van der Waals surface area contributed by atoms with Crippen molar-refractivity contribution in [1.29, 1.82) is 0 Å². The highest BCUT2D eigenvalue weighted by atomic mass is 15.2. The Morgan fingerprint density at radius 1 is 1.05 bits per heavy atom. The average molecular weight is 269 g/mol. The van der Waals surface area contributed by atoms with Crippen molar-refractivity contribution in [2.45, 2.75) is 27.3 Å². The minimum absolute atomic E-state index is 0.857. The number of benzene rings is 1. The van der Waals surface area contributed by atoms with Crippen LogP contribution in [0.3, 0.4) is 0 Å². The van der Waals surface area contributed by atoms with E-state index in [0.717, 1.165) is 24.6 Å². The number of rotatable bonds is 5. The van der Waals surface area contributed by atoms with E-state index in [0.29, 0.717) is 0 Å². The van der Waals surface area contributed by atoms with Crippen molar-refractivity contribution in [1.82, 2.24) is 10.3 Å². The molecule has 2 rings (SSSR count). The smallest absolute Gasteiger partial charge is 0.133 e. The van der Waals surface area contributed by atoms with E-state index < -0.39 is 0 Å². The average Bonchev–Trinajstić information content (AvgIpc) is 2.45. The summed E-state index contributed by atoms with van der Waals surface area (Å²) in [7, 11) is 1.96. The summed E-state index contributed by atoms with van der Waals surface area (Å²) in [5.74, 6) is 1.01. The molecular formula is C17H23N3. The van der Waals surface area contributed by atoms with Gasteiger partial charge in [0, 0.05) is 24.5 Å². The Morgan fingerprint density at radius 3 is 2.30 bits per heavy atom. The number of nitrogens with one attached hydrogen (secondary N) is 1. The van der Waals surface area contributed by atoms with Gasteiger partial charge in [-0.3, -0.25) is 0 Å². The number of nitrogens with zero attached hydrogens (tertiary/aromatic N) is 2. The molecule has 3 nitrogen and oxygen atoms in total. The molecule has 0 amide bonds. The van der Waals surface area contributed by atoms with Crippen LogP contribution in [0, 0.1) is 13.8 Å². The van der Waals surface area contributed by atoms with Gasteiger partial charge >= 0.3 is 0 Å². The van der Waals surface area contributed by atoms with Gasteiger partial charge in [-0.25, -0.2) is 4.98 Å². The van der Waals surface area contributed by atoms with E-state index in [2.05, 4.69) is 67.4 Å². The van der Waals surface area contributed by atoms with Crippen molar-refractivity contribution in [2.24, 2.45) is 0 Å². The summed E-state index contributed by atoms with van der Waals surface area (Å²) < 4.78 is 0. The van der Waals surface area contributed by atoms with E-state index >= 15 is 0 Å². The number of hydrogen-bond acceptors (Lipinski definition) is 3. The molecule has 1 N–H and O–H groups in total. The Bertz CT molecular complexity index is 561. The molecule has 0 spiro atoms. The summed E-state index contributed by atoms with van der Waals surface area (Å²) in [6, 6.07) is 12.8. The van der Waals surface area contributed by atoms with Crippen LogP contribution >= 0.6 is 0 Å². The van der Waals surface area contributed by atoms with E-state index in [4.69, 9.17) is 4.98 Å². The fraction of sp³-hybridized carbons (Fsp3) is 0.353. The topological polar surface area (TPSA) is 28.2 Å². The van der Waals surface area contributed by atoms with Crippen LogP contribution in [0.2, 0.25) is 0 Å². The van der Waals surface area contributed by atoms with Gasteiger partial charge in [-0.2, -0.15) is 0 Å². The Kier molecular flexibility index (Phi) is 4.74. The van der Waals surface area contributed by atoms with Gasteiger partial charge in [0.15, 0.2) is 0 Å². The third kappa shape index (κ3) is 3.17. The first-order valence-corrected chi connectivity index (χ1v) is 7.11. The molecule has 0 unspecified atom stereocenters. The quantitative estimate of drug-likeness (QED) is 0.899. The Morgan fingerprint density at radius 2 is 1.75 bits per heavy atom. The zero-order chi connectivity index (χ0) is 14.5. The van der Waals surface area contributed by atoms with Crippen molar-refractivity contribution in [3.63, 3.8) is 0 Å². The molecule has 1 heterocycles. The molecule has 0 atom stereocenters. The number of pyridine rings is 1. The van der Waals surface area contributed by atoms with Gasteiger partial charge in [-0.1, -0.05) is 23.8 Å². The highest BCUT2D eigenvalue weighted by Crippen LogP contribution is 2.24. The number of aryl methyl sites for hydroxylation is 2. The molecule has 0 fully saturated rings. The lowest BCUT2D eigenvalue weighted by Crippen LogP contribution is -2.18. The third-order valence-electron chi connectivity index (χ3n) is 3.49. The first-order valence-electron chi connectivity index (χ1n) is 7.11. The molecule has 20 heavy (non-hydrogen) atoms. The highest BCUT2D eigenvalue weighted by molar-refractivity contribution is 5.60. The van der Waals surface area contributed by atoms with Gasteiger partial charge in [0.2, 0.25) is 0 Å². The van der Waals surface area contributed by atoms with Gasteiger partial charge in [-0.15, -0.1) is 0 Å². The second-order valence-corrected chi connectivity index (χ2v) is 5.02. The number of anilines is 2. The fourth-order valence-corrected chi connectivity index (χ4v) is 2.31. The Hall–Kier alpha value is -1.87. The molecule has 3 heteroatoms. The molecule has 0 radical (unpaired) electrons. The van der Waals surface area contributed by atoms with E-state index in [1.165, 1.54) is 16.8 Å². The van der Waals surface area contributed by atoms with Crippen LogP contribution < -0.4 is 10.2 Å². The molecule has 2 aromatic rings. The summed E-state index contributed by atoms with van der Waals surface area (Å²) in [6.07, 6.45) is 0. The summed E-state index contributed by atoms with van der Waals surface area (Å²) in [5, 5.41) is 3.17. The summed E-state index contributed by atoms with van der Waals surface area (Å²) in [4.78, 5) is 6.98. The summed E-state index contributed by atoms with van der Waals surface area (Å²) in [5.41, 5.74) is 4.79. The van der Waals surface area contributed by atoms with Crippen LogP contribution in [0.5, 0.6) is 0 Å². The van der Waals surface area contributed by atoms with Gasteiger partial charge in [0.25, 0.3) is 0 Å². The van der Waals surface area contributed by atoms with Gasteiger partial charge < -0.3 is 10.2 Å². The highest BCUT2D eigenvalue weighted by Gasteiger charge is 2.10. The summed E-state index contributed by atoms with van der Waals surface area (Å²) >= 11 is 0. The molecule has 1 aromatic carbocycles. The predicted octanol–water partition coefficient (Wildman–Crippen LogP) is 3.58. The van der Waals surface area contributed by atoms with E-state index in [1.54, 1.807) is 0 Å². The summed E-state index contributed by atoms with van der Waals surface area (Å²) in [6.45, 7) is 8.09. The monoisotopic (exact) mass is 269 g/mol. The van der Waals surface area contributed by atoms with Crippen LogP contribution in [-0.4, -0.2) is 18.6 Å². The predicted molar refractivity (Wildman–Crippen MR) is 85.6 cm³/mol. The molecule has 0 aliphatic heterocycles. The molecular weight excluding hydrogens is 246 g/mol. The van der Waals surface area contributed by atoms with Crippen LogP contribution in [-0.2, 0) is 6.54 Å². The fourth-order valence-electron chi connectivity index (χ4n) is 2.31. The Labute approximate surface area is 121 Å². The lowest BCUT2D eigenvalue weighted by molar-refractivity contribution is 0.803. The minimum atomic E-state index is 0.857. The lowest BCUT2D eigenvalue weighted by Gasteiger charge is -2.23. The first kappa shape index (κ1) is 14.5. The zero-order valence-corrected chi connectivity index (χ0v) is 12.8. The molecule has 0 saturated heterocycles. The van der Waals surface area contributed by atoms with Crippen molar-refractivity contribution in [2.75, 3.05) is 18.5 Å². The number of aromatic nitrogens is 1. The zero-order valence-electron chi connectivity index (χ0n) is 12.8. The SMILES string of the molecule is CCN(c1ccc(C)cc1)c1ccc(CNC)c(C)n1. The maximum Gasteiger partial charge on any atom is 0.133 e. The van der Waals surface area contributed by atoms with Crippen LogP contribution in [0.1, 0.15) is 23.7 Å². The van der Waals surface area contributed by atoms with E-state index in [1.807, 2.05) is 7.05 Å². The molecule has 0 bridgehead atoms. The molecule has 106 valence electrons. The maximum atomic E-state index is 4.75. The maximum absolute atomic E-state index is 4.75. The van der Waals surface area contributed by atoms with Crippen LogP contribution in [0.4, 0.5) is 11.5 Å². The van der Waals surface area contributed by atoms with Crippen LogP contribution in [0.15, 0.2) is 36.4 Å². The van der Waals surface area contributed by atoms with Crippen LogP contribution in [0.25, 0.3) is 0 Å². The third-order valence-corrected chi connectivity index (χ3v) is 3.49. The molecule has 0 aliphatic carbocycles. The van der Waals surface area contributed by atoms with Crippen molar-refractivity contribution in [3.8, 4) is 0 Å². The molecule has 1 aromatic heterocycles.